The van der Waals surface area contributed by atoms with Crippen LogP contribution in [0.2, 0.25) is 10.0 Å². The van der Waals surface area contributed by atoms with Gasteiger partial charge < -0.3 is 19.5 Å². The molecule has 198 valence electrons. The van der Waals surface area contributed by atoms with Gasteiger partial charge in [0.25, 0.3) is 11.8 Å². The molecule has 0 radical (unpaired) electrons. The molecule has 38 heavy (non-hydrogen) atoms. The fourth-order valence-corrected chi connectivity index (χ4v) is 3.60. The number of carbonyl (C=O) groups excluding carboxylic acids is 3. The number of nitrogens with one attached hydrogen (secondary N) is 2. The molecule has 0 aliphatic heterocycles. The van der Waals surface area contributed by atoms with Crippen LogP contribution in [0.5, 0.6) is 17.2 Å². The quantitative estimate of drug-likeness (QED) is 0.150. The predicted octanol–water partition coefficient (Wildman–Crippen LogP) is 4.89. The zero-order chi connectivity index (χ0) is 27.5. The summed E-state index contributed by atoms with van der Waals surface area (Å²) in [5.74, 6) is -0.464. The zero-order valence-electron chi connectivity index (χ0n) is 20.6. The van der Waals surface area contributed by atoms with Crippen LogP contribution in [0.15, 0.2) is 65.8 Å². The lowest BCUT2D eigenvalue weighted by Gasteiger charge is -2.12. The van der Waals surface area contributed by atoms with E-state index in [0.29, 0.717) is 40.9 Å². The molecule has 0 spiro atoms. The topological polar surface area (TPSA) is 115 Å². The molecule has 2 amide bonds. The molecule has 3 rings (SSSR count). The van der Waals surface area contributed by atoms with Gasteiger partial charge in [-0.15, -0.1) is 0 Å². The third kappa shape index (κ3) is 8.22. The van der Waals surface area contributed by atoms with Gasteiger partial charge in [-0.05, 0) is 80.1 Å². The van der Waals surface area contributed by atoms with Crippen LogP contribution < -0.4 is 25.0 Å². The van der Waals surface area contributed by atoms with E-state index in [1.807, 2.05) is 6.92 Å². The molecule has 0 saturated carbocycles. The molecule has 11 heteroatoms. The molecule has 0 atom stereocenters. The van der Waals surface area contributed by atoms with Crippen LogP contribution in [0, 0.1) is 0 Å². The minimum Gasteiger partial charge on any atom is -0.494 e. The number of rotatable bonds is 11. The Labute approximate surface area is 229 Å². The summed E-state index contributed by atoms with van der Waals surface area (Å²) in [5, 5.41) is 6.98. The van der Waals surface area contributed by atoms with Gasteiger partial charge >= 0.3 is 5.97 Å². The maximum atomic E-state index is 12.6. The van der Waals surface area contributed by atoms with Crippen LogP contribution in [-0.2, 0) is 4.79 Å². The minimum absolute atomic E-state index is 0.154. The number of esters is 1. The van der Waals surface area contributed by atoms with Crippen LogP contribution in [0.4, 0.5) is 0 Å². The molecule has 0 aliphatic carbocycles. The Balaban J connectivity index is 1.56. The highest BCUT2D eigenvalue weighted by molar-refractivity contribution is 6.36. The van der Waals surface area contributed by atoms with Crippen molar-refractivity contribution in [2.24, 2.45) is 5.10 Å². The SMILES string of the molecule is CCOc1ccc(C(=O)NCC(=O)NN=Cc2ccc(OC(=O)c3ccc(Cl)cc3Cl)c(OCC)c2)cc1. The summed E-state index contributed by atoms with van der Waals surface area (Å²) < 4.78 is 16.4. The second kappa shape index (κ2) is 14.0. The molecule has 9 nitrogen and oxygen atoms in total. The van der Waals surface area contributed by atoms with Crippen molar-refractivity contribution in [3.05, 3.63) is 87.4 Å². The molecular formula is C27H25Cl2N3O6. The van der Waals surface area contributed by atoms with Crippen LogP contribution in [0.25, 0.3) is 0 Å². The van der Waals surface area contributed by atoms with Crippen LogP contribution in [0.1, 0.15) is 40.1 Å². The Morgan fingerprint density at radius 3 is 2.32 bits per heavy atom. The molecule has 3 aromatic rings. The van der Waals surface area contributed by atoms with Crippen molar-refractivity contribution in [2.75, 3.05) is 19.8 Å². The summed E-state index contributed by atoms with van der Waals surface area (Å²) in [7, 11) is 0. The van der Waals surface area contributed by atoms with E-state index < -0.39 is 17.8 Å². The van der Waals surface area contributed by atoms with Gasteiger partial charge in [-0.1, -0.05) is 23.2 Å². The van der Waals surface area contributed by atoms with E-state index in [9.17, 15) is 14.4 Å². The largest absolute Gasteiger partial charge is 0.494 e. The van der Waals surface area contributed by atoms with Gasteiger partial charge in [0.05, 0.1) is 36.6 Å². The van der Waals surface area contributed by atoms with Crippen LogP contribution in [0.3, 0.4) is 0 Å². The molecule has 0 aliphatic rings. The normalized spacial score (nSPS) is 10.6. The van der Waals surface area contributed by atoms with E-state index in [4.69, 9.17) is 37.4 Å². The van der Waals surface area contributed by atoms with Crippen molar-refractivity contribution in [2.45, 2.75) is 13.8 Å². The first-order valence-corrected chi connectivity index (χ1v) is 12.3. The Morgan fingerprint density at radius 1 is 0.895 bits per heavy atom. The second-order valence-corrected chi connectivity index (χ2v) is 8.43. The van der Waals surface area contributed by atoms with Crippen molar-refractivity contribution in [1.29, 1.82) is 0 Å². The van der Waals surface area contributed by atoms with E-state index in [0.717, 1.165) is 0 Å². The predicted molar refractivity (Wildman–Crippen MR) is 145 cm³/mol. The molecule has 3 aromatic carbocycles. The van der Waals surface area contributed by atoms with Crippen molar-refractivity contribution < 1.29 is 28.6 Å². The summed E-state index contributed by atoms with van der Waals surface area (Å²) in [6.07, 6.45) is 1.39. The third-order valence-corrected chi connectivity index (χ3v) is 5.41. The maximum Gasteiger partial charge on any atom is 0.345 e. The fourth-order valence-electron chi connectivity index (χ4n) is 3.12. The summed E-state index contributed by atoms with van der Waals surface area (Å²) in [5.41, 5.74) is 3.45. The van der Waals surface area contributed by atoms with E-state index >= 15 is 0 Å². The number of nitrogens with zero attached hydrogens (tertiary/aromatic N) is 1. The highest BCUT2D eigenvalue weighted by Crippen LogP contribution is 2.30. The van der Waals surface area contributed by atoms with Crippen molar-refractivity contribution in [3.8, 4) is 17.2 Å². The number of amides is 2. The van der Waals surface area contributed by atoms with Gasteiger partial charge in [0.2, 0.25) is 0 Å². The number of hydrogen-bond donors (Lipinski definition) is 2. The van der Waals surface area contributed by atoms with Crippen LogP contribution in [-0.4, -0.2) is 43.8 Å². The summed E-state index contributed by atoms with van der Waals surface area (Å²) in [6.45, 7) is 4.22. The average Bonchev–Trinajstić information content (AvgIpc) is 2.89. The van der Waals surface area contributed by atoms with Gasteiger partial charge in [-0.2, -0.15) is 5.10 Å². The molecule has 0 unspecified atom stereocenters. The molecular weight excluding hydrogens is 533 g/mol. The molecule has 0 heterocycles. The lowest BCUT2D eigenvalue weighted by atomic mass is 10.2. The first kappa shape index (κ1) is 28.5. The average molecular weight is 558 g/mol. The second-order valence-electron chi connectivity index (χ2n) is 7.59. The van der Waals surface area contributed by atoms with Gasteiger partial charge in [0, 0.05) is 10.6 Å². The lowest BCUT2D eigenvalue weighted by Crippen LogP contribution is -2.34. The molecule has 0 fully saturated rings. The van der Waals surface area contributed by atoms with Gasteiger partial charge in [-0.3, -0.25) is 9.59 Å². The monoisotopic (exact) mass is 557 g/mol. The number of ether oxygens (including phenoxy) is 3. The summed E-state index contributed by atoms with van der Waals surface area (Å²) >= 11 is 12.0. The molecule has 2 N–H and O–H groups in total. The van der Waals surface area contributed by atoms with Gasteiger partial charge in [0.1, 0.15) is 5.75 Å². The first-order chi connectivity index (χ1) is 18.3. The number of benzene rings is 3. The number of hydrazone groups is 1. The Hall–Kier alpha value is -4.08. The molecule has 0 bridgehead atoms. The van der Waals surface area contributed by atoms with Gasteiger partial charge in [0.15, 0.2) is 11.5 Å². The van der Waals surface area contributed by atoms with E-state index in [1.54, 1.807) is 43.3 Å². The standard InChI is InChI=1S/C27H25Cl2N3O6/c1-3-36-20-9-6-18(7-10-20)26(34)30-16-25(33)32-31-15-17-5-12-23(24(13-17)37-4-2)38-27(35)21-11-8-19(28)14-22(21)29/h5-15H,3-4,16H2,1-2H3,(H,30,34)(H,32,33). The Morgan fingerprint density at radius 2 is 1.63 bits per heavy atom. The fraction of sp³-hybridized carbons (Fsp3) is 0.185. The van der Waals surface area contributed by atoms with Gasteiger partial charge in [-0.25, -0.2) is 10.2 Å². The Kier molecular flexibility index (Phi) is 10.5. The van der Waals surface area contributed by atoms with E-state index in [1.165, 1.54) is 30.5 Å². The first-order valence-electron chi connectivity index (χ1n) is 11.6. The maximum absolute atomic E-state index is 12.6. The minimum atomic E-state index is -0.673. The van der Waals surface area contributed by atoms with Crippen molar-refractivity contribution >= 4 is 47.2 Å². The van der Waals surface area contributed by atoms with E-state index in [-0.39, 0.29) is 22.9 Å². The number of halogens is 2. The third-order valence-electron chi connectivity index (χ3n) is 4.86. The summed E-state index contributed by atoms with van der Waals surface area (Å²) in [4.78, 5) is 36.8. The lowest BCUT2D eigenvalue weighted by molar-refractivity contribution is -0.120. The Bertz CT molecular complexity index is 1330. The van der Waals surface area contributed by atoms with Crippen molar-refractivity contribution in [3.63, 3.8) is 0 Å². The smallest absolute Gasteiger partial charge is 0.345 e. The van der Waals surface area contributed by atoms with Crippen LogP contribution >= 0.6 is 23.2 Å². The number of hydrogen-bond acceptors (Lipinski definition) is 7. The summed E-state index contributed by atoms with van der Waals surface area (Å²) in [6, 6.07) is 15.8. The van der Waals surface area contributed by atoms with E-state index in [2.05, 4.69) is 15.8 Å². The number of carbonyl (C=O) groups is 3. The highest BCUT2D eigenvalue weighted by Gasteiger charge is 2.16. The highest BCUT2D eigenvalue weighted by atomic mass is 35.5. The van der Waals surface area contributed by atoms with Crippen molar-refractivity contribution in [1.82, 2.24) is 10.7 Å². The zero-order valence-corrected chi connectivity index (χ0v) is 22.1. The molecule has 0 aromatic heterocycles. The molecule has 0 saturated heterocycles.